The number of carboxylic acid groups (broad SMARTS) is 1. The van der Waals surface area contributed by atoms with Crippen molar-refractivity contribution in [1.82, 2.24) is 5.32 Å². The number of anilines is 1. The Morgan fingerprint density at radius 2 is 1.67 bits per heavy atom. The van der Waals surface area contributed by atoms with Crippen molar-refractivity contribution < 1.29 is 24.3 Å². The van der Waals surface area contributed by atoms with Gasteiger partial charge < -0.3 is 27.2 Å². The molecule has 1 aromatic carbocycles. The molecule has 0 aliphatic rings. The second kappa shape index (κ2) is 6.89. The monoisotopic (exact) mass is 294 g/mol. The number of amides is 4. The van der Waals surface area contributed by atoms with Gasteiger partial charge in [-0.3, -0.25) is 9.59 Å². The smallest absolute Gasteiger partial charge is 0.326 e. The van der Waals surface area contributed by atoms with Crippen LogP contribution < -0.4 is 22.1 Å². The molecule has 0 saturated carbocycles. The summed E-state index contributed by atoms with van der Waals surface area (Å²) >= 11 is 0. The largest absolute Gasteiger partial charge is 0.480 e. The molecule has 1 rings (SSSR count). The number of rotatable bonds is 6. The van der Waals surface area contributed by atoms with Crippen LogP contribution in [0.4, 0.5) is 10.5 Å². The van der Waals surface area contributed by atoms with E-state index in [4.69, 9.17) is 16.6 Å². The Hall–Kier alpha value is -3.10. The Balaban J connectivity index is 2.76. The van der Waals surface area contributed by atoms with Crippen LogP contribution in [-0.4, -0.2) is 35.0 Å². The molecule has 0 unspecified atom stereocenters. The first-order chi connectivity index (χ1) is 9.79. The third-order valence-corrected chi connectivity index (χ3v) is 2.42. The van der Waals surface area contributed by atoms with Gasteiger partial charge in [0.2, 0.25) is 5.91 Å². The Labute approximate surface area is 119 Å². The van der Waals surface area contributed by atoms with Gasteiger partial charge in [0.1, 0.15) is 6.04 Å². The molecule has 0 spiro atoms. The molecule has 9 heteroatoms. The molecule has 0 fully saturated rings. The van der Waals surface area contributed by atoms with Gasteiger partial charge in [-0.15, -0.1) is 0 Å². The van der Waals surface area contributed by atoms with Crippen molar-refractivity contribution in [3.05, 3.63) is 29.8 Å². The molecule has 1 aromatic rings. The molecule has 0 heterocycles. The van der Waals surface area contributed by atoms with E-state index in [0.717, 1.165) is 0 Å². The lowest BCUT2D eigenvalue weighted by molar-refractivity contribution is -0.140. The van der Waals surface area contributed by atoms with Crippen LogP contribution in [0.25, 0.3) is 0 Å². The third kappa shape index (κ3) is 5.19. The predicted molar refractivity (Wildman–Crippen MR) is 72.3 cm³/mol. The highest BCUT2D eigenvalue weighted by atomic mass is 16.4. The lowest BCUT2D eigenvalue weighted by Gasteiger charge is -2.13. The average molecular weight is 294 g/mol. The van der Waals surface area contributed by atoms with E-state index in [1.807, 2.05) is 0 Å². The normalized spacial score (nSPS) is 11.2. The molecule has 4 amide bonds. The number of urea groups is 1. The summed E-state index contributed by atoms with van der Waals surface area (Å²) in [6.45, 7) is 0. The highest BCUT2D eigenvalue weighted by Crippen LogP contribution is 2.09. The number of nitrogens with one attached hydrogen (secondary N) is 2. The number of aliphatic carboxylic acids is 1. The van der Waals surface area contributed by atoms with Crippen LogP contribution in [0.5, 0.6) is 0 Å². The van der Waals surface area contributed by atoms with Crippen LogP contribution >= 0.6 is 0 Å². The number of hydrogen-bond acceptors (Lipinski definition) is 4. The fourth-order valence-electron chi connectivity index (χ4n) is 1.49. The average Bonchev–Trinajstić information content (AvgIpc) is 2.37. The molecule has 0 aromatic heterocycles. The maximum Gasteiger partial charge on any atom is 0.326 e. The predicted octanol–water partition coefficient (Wildman–Crippen LogP) is -0.764. The van der Waals surface area contributed by atoms with Crippen molar-refractivity contribution in [2.45, 2.75) is 12.5 Å². The fraction of sp³-hybridized carbons (Fsp3) is 0.167. The van der Waals surface area contributed by atoms with Crippen molar-refractivity contribution in [2.75, 3.05) is 5.32 Å². The molecule has 0 saturated heterocycles. The maximum atomic E-state index is 11.8. The van der Waals surface area contributed by atoms with Gasteiger partial charge in [-0.25, -0.2) is 9.59 Å². The van der Waals surface area contributed by atoms with Crippen molar-refractivity contribution in [3.8, 4) is 0 Å². The summed E-state index contributed by atoms with van der Waals surface area (Å²) in [5, 5.41) is 13.4. The van der Waals surface area contributed by atoms with E-state index in [2.05, 4.69) is 10.6 Å². The number of primary amides is 2. The minimum Gasteiger partial charge on any atom is -0.480 e. The first-order valence-electron chi connectivity index (χ1n) is 5.78. The number of nitrogens with two attached hydrogens (primary N) is 2. The molecular weight excluding hydrogens is 280 g/mol. The molecule has 9 nitrogen and oxygen atoms in total. The lowest BCUT2D eigenvalue weighted by atomic mass is 10.1. The van der Waals surface area contributed by atoms with Gasteiger partial charge in [0.25, 0.3) is 5.91 Å². The topological polar surface area (TPSA) is 165 Å². The minimum absolute atomic E-state index is 0.153. The molecular formula is C12H14N4O5. The third-order valence-electron chi connectivity index (χ3n) is 2.42. The molecule has 0 bridgehead atoms. The summed E-state index contributed by atoms with van der Waals surface area (Å²) in [6, 6.07) is 3.42. The lowest BCUT2D eigenvalue weighted by Crippen LogP contribution is -2.43. The van der Waals surface area contributed by atoms with Crippen LogP contribution in [0.1, 0.15) is 16.8 Å². The molecule has 112 valence electrons. The standard InChI is InChI=1S/C12H14N4O5/c13-9(17)5-8(11(19)20)16-10(18)6-1-3-7(4-2-6)15-12(14)21/h1-4,8H,5H2,(H2,13,17)(H,16,18)(H,19,20)(H3,14,15,21)/t8-/m1/s1. The SMILES string of the molecule is NC(=O)C[C@@H](NC(=O)c1ccc(NC(N)=O)cc1)C(=O)O. The molecule has 21 heavy (non-hydrogen) atoms. The Morgan fingerprint density at radius 3 is 2.10 bits per heavy atom. The quantitative estimate of drug-likeness (QED) is 0.464. The summed E-state index contributed by atoms with van der Waals surface area (Å²) < 4.78 is 0. The van der Waals surface area contributed by atoms with Crippen LogP contribution in [0.15, 0.2) is 24.3 Å². The van der Waals surface area contributed by atoms with Gasteiger partial charge in [-0.05, 0) is 24.3 Å². The zero-order valence-electron chi connectivity index (χ0n) is 10.8. The molecule has 0 aliphatic heterocycles. The Bertz CT molecular complexity index is 570. The van der Waals surface area contributed by atoms with Crippen molar-refractivity contribution >= 4 is 29.5 Å². The second-order valence-electron chi connectivity index (χ2n) is 4.10. The van der Waals surface area contributed by atoms with Crippen molar-refractivity contribution in [1.29, 1.82) is 0 Å². The number of benzene rings is 1. The summed E-state index contributed by atoms with van der Waals surface area (Å²) in [6.07, 6.45) is -0.512. The number of hydrogen-bond donors (Lipinski definition) is 5. The van der Waals surface area contributed by atoms with E-state index in [1.54, 1.807) is 0 Å². The van der Waals surface area contributed by atoms with Gasteiger partial charge in [-0.1, -0.05) is 0 Å². The minimum atomic E-state index is -1.40. The molecule has 7 N–H and O–H groups in total. The van der Waals surface area contributed by atoms with Crippen LogP contribution in [-0.2, 0) is 9.59 Å². The van der Waals surface area contributed by atoms with E-state index < -0.39 is 36.3 Å². The first kappa shape index (κ1) is 16.0. The Morgan fingerprint density at radius 1 is 1.10 bits per heavy atom. The first-order valence-corrected chi connectivity index (χ1v) is 5.78. The zero-order chi connectivity index (χ0) is 16.0. The summed E-state index contributed by atoms with van der Waals surface area (Å²) in [5.74, 6) is -2.90. The number of carbonyl (C=O) groups excluding carboxylic acids is 3. The highest BCUT2D eigenvalue weighted by molar-refractivity contribution is 5.98. The van der Waals surface area contributed by atoms with Crippen LogP contribution in [0, 0.1) is 0 Å². The summed E-state index contributed by atoms with van der Waals surface area (Å²) in [5.41, 5.74) is 10.4. The van der Waals surface area contributed by atoms with E-state index in [-0.39, 0.29) is 5.56 Å². The fourth-order valence-corrected chi connectivity index (χ4v) is 1.49. The second-order valence-corrected chi connectivity index (χ2v) is 4.10. The van der Waals surface area contributed by atoms with Crippen LogP contribution in [0.3, 0.4) is 0 Å². The van der Waals surface area contributed by atoms with Gasteiger partial charge in [0.15, 0.2) is 0 Å². The molecule has 1 atom stereocenters. The highest BCUT2D eigenvalue weighted by Gasteiger charge is 2.22. The van der Waals surface area contributed by atoms with Gasteiger partial charge in [0, 0.05) is 11.3 Å². The van der Waals surface area contributed by atoms with Crippen molar-refractivity contribution in [2.24, 2.45) is 11.5 Å². The van der Waals surface area contributed by atoms with E-state index in [1.165, 1.54) is 24.3 Å². The molecule has 0 radical (unpaired) electrons. The Kier molecular flexibility index (Phi) is 5.24. The summed E-state index contributed by atoms with van der Waals surface area (Å²) in [7, 11) is 0. The van der Waals surface area contributed by atoms with Crippen molar-refractivity contribution in [3.63, 3.8) is 0 Å². The van der Waals surface area contributed by atoms with Crippen LogP contribution in [0.2, 0.25) is 0 Å². The number of carboxylic acids is 1. The zero-order valence-corrected chi connectivity index (χ0v) is 10.8. The van der Waals surface area contributed by atoms with E-state index in [0.29, 0.717) is 5.69 Å². The summed E-state index contributed by atoms with van der Waals surface area (Å²) in [4.78, 5) is 44.1. The van der Waals surface area contributed by atoms with E-state index >= 15 is 0 Å². The van der Waals surface area contributed by atoms with E-state index in [9.17, 15) is 19.2 Å². The molecule has 0 aliphatic carbocycles. The van der Waals surface area contributed by atoms with Gasteiger partial charge in [0.05, 0.1) is 6.42 Å². The van der Waals surface area contributed by atoms with Gasteiger partial charge >= 0.3 is 12.0 Å². The maximum absolute atomic E-state index is 11.8. The van der Waals surface area contributed by atoms with Gasteiger partial charge in [-0.2, -0.15) is 0 Å². The number of carbonyl (C=O) groups is 4.